The second kappa shape index (κ2) is 3.30. The summed E-state index contributed by atoms with van der Waals surface area (Å²) < 4.78 is 1.81. The van der Waals surface area contributed by atoms with Gasteiger partial charge in [-0.1, -0.05) is 13.8 Å². The van der Waals surface area contributed by atoms with E-state index in [0.717, 1.165) is 18.2 Å². The van der Waals surface area contributed by atoms with Gasteiger partial charge in [0, 0.05) is 12.6 Å². The zero-order valence-electron chi connectivity index (χ0n) is 9.25. The molecule has 3 heteroatoms. The first-order valence-electron chi connectivity index (χ1n) is 5.40. The monoisotopic (exact) mass is 193 g/mol. The number of nitrogen functional groups attached to an aromatic ring is 1. The first-order chi connectivity index (χ1) is 6.59. The molecule has 0 spiro atoms. The van der Waals surface area contributed by atoms with Crippen LogP contribution in [-0.2, 0) is 13.5 Å². The van der Waals surface area contributed by atoms with Crippen LogP contribution >= 0.6 is 0 Å². The highest BCUT2D eigenvalue weighted by molar-refractivity contribution is 5.45. The van der Waals surface area contributed by atoms with Gasteiger partial charge in [-0.15, -0.1) is 0 Å². The van der Waals surface area contributed by atoms with Gasteiger partial charge in [0.25, 0.3) is 0 Å². The van der Waals surface area contributed by atoms with Gasteiger partial charge in [0.15, 0.2) is 0 Å². The average molecular weight is 193 g/mol. The summed E-state index contributed by atoms with van der Waals surface area (Å²) in [6.07, 6.45) is 3.86. The van der Waals surface area contributed by atoms with E-state index in [1.807, 2.05) is 11.7 Å². The van der Waals surface area contributed by atoms with E-state index in [0.29, 0.717) is 5.92 Å². The van der Waals surface area contributed by atoms with Crippen LogP contribution in [0.25, 0.3) is 0 Å². The lowest BCUT2D eigenvalue weighted by Crippen LogP contribution is -2.00. The molecule has 0 unspecified atom stereocenters. The molecule has 0 radical (unpaired) electrons. The molecule has 1 aliphatic carbocycles. The first-order valence-corrected chi connectivity index (χ1v) is 5.40. The lowest BCUT2D eigenvalue weighted by atomic mass is 10.0. The predicted octanol–water partition coefficient (Wildman–Crippen LogP) is 2.08. The number of aryl methyl sites for hydroxylation is 1. The quantitative estimate of drug-likeness (QED) is 0.798. The molecular weight excluding hydrogens is 174 g/mol. The van der Waals surface area contributed by atoms with E-state index in [1.165, 1.54) is 24.1 Å². The summed E-state index contributed by atoms with van der Waals surface area (Å²) in [5, 5.41) is 4.50. The number of nitrogens with zero attached hydrogens (tertiary/aromatic N) is 2. The van der Waals surface area contributed by atoms with E-state index in [2.05, 4.69) is 18.9 Å². The Labute approximate surface area is 85.3 Å². The fourth-order valence-corrected chi connectivity index (χ4v) is 1.99. The number of hydrogen-bond donors (Lipinski definition) is 1. The topological polar surface area (TPSA) is 43.8 Å². The Morgan fingerprint density at radius 1 is 1.50 bits per heavy atom. The smallest absolute Gasteiger partial charge is 0.125 e. The van der Waals surface area contributed by atoms with Crippen LogP contribution in [0, 0.1) is 5.92 Å². The lowest BCUT2D eigenvalue weighted by molar-refractivity contribution is 0.717. The number of nitrogens with two attached hydrogens (primary N) is 1. The minimum Gasteiger partial charge on any atom is -0.384 e. The van der Waals surface area contributed by atoms with E-state index >= 15 is 0 Å². The van der Waals surface area contributed by atoms with Crippen molar-refractivity contribution in [3.63, 3.8) is 0 Å². The molecule has 1 fully saturated rings. The molecule has 78 valence electrons. The second-order valence-electron chi connectivity index (χ2n) is 4.67. The van der Waals surface area contributed by atoms with Gasteiger partial charge in [-0.05, 0) is 31.1 Å². The number of anilines is 1. The molecule has 1 saturated carbocycles. The molecule has 1 aromatic heterocycles. The Kier molecular flexibility index (Phi) is 2.25. The van der Waals surface area contributed by atoms with Crippen molar-refractivity contribution in [2.75, 3.05) is 5.73 Å². The van der Waals surface area contributed by atoms with Crippen molar-refractivity contribution in [2.24, 2.45) is 13.0 Å². The van der Waals surface area contributed by atoms with Gasteiger partial charge in [0.2, 0.25) is 0 Å². The molecule has 0 amide bonds. The van der Waals surface area contributed by atoms with Crippen LogP contribution in [-0.4, -0.2) is 9.78 Å². The lowest BCUT2D eigenvalue weighted by Gasteiger charge is -2.06. The van der Waals surface area contributed by atoms with E-state index in [1.54, 1.807) is 0 Å². The Bertz CT molecular complexity index is 335. The number of rotatable bonds is 3. The van der Waals surface area contributed by atoms with Crippen LogP contribution in [0.15, 0.2) is 0 Å². The Hall–Kier alpha value is -0.990. The fraction of sp³-hybridized carbons (Fsp3) is 0.727. The molecular formula is C11H19N3. The SMILES string of the molecule is CC(C)c1c(CC2CC2)nn(C)c1N. The zero-order valence-corrected chi connectivity index (χ0v) is 9.25. The summed E-state index contributed by atoms with van der Waals surface area (Å²) in [5.41, 5.74) is 8.49. The molecule has 1 aromatic rings. The average Bonchev–Trinajstić information content (AvgIpc) is 2.82. The third-order valence-electron chi connectivity index (χ3n) is 2.96. The molecule has 0 atom stereocenters. The van der Waals surface area contributed by atoms with Crippen molar-refractivity contribution in [3.05, 3.63) is 11.3 Å². The Balaban J connectivity index is 2.31. The van der Waals surface area contributed by atoms with E-state index in [4.69, 9.17) is 5.73 Å². The highest BCUT2D eigenvalue weighted by Gasteiger charge is 2.26. The molecule has 3 nitrogen and oxygen atoms in total. The maximum absolute atomic E-state index is 6.00. The van der Waals surface area contributed by atoms with Gasteiger partial charge in [-0.2, -0.15) is 5.10 Å². The van der Waals surface area contributed by atoms with Crippen LogP contribution in [0.2, 0.25) is 0 Å². The summed E-state index contributed by atoms with van der Waals surface area (Å²) in [6.45, 7) is 4.37. The molecule has 0 bridgehead atoms. The minimum atomic E-state index is 0.484. The van der Waals surface area contributed by atoms with Crippen LogP contribution < -0.4 is 5.73 Å². The van der Waals surface area contributed by atoms with Gasteiger partial charge in [-0.3, -0.25) is 4.68 Å². The molecule has 14 heavy (non-hydrogen) atoms. The van der Waals surface area contributed by atoms with E-state index < -0.39 is 0 Å². The molecule has 0 saturated heterocycles. The summed E-state index contributed by atoms with van der Waals surface area (Å²) in [6, 6.07) is 0. The highest BCUT2D eigenvalue weighted by atomic mass is 15.3. The van der Waals surface area contributed by atoms with Crippen LogP contribution in [0.1, 0.15) is 43.9 Å². The summed E-state index contributed by atoms with van der Waals surface area (Å²) in [5.74, 6) is 2.20. The van der Waals surface area contributed by atoms with Crippen molar-refractivity contribution < 1.29 is 0 Å². The van der Waals surface area contributed by atoms with Gasteiger partial charge >= 0.3 is 0 Å². The highest BCUT2D eigenvalue weighted by Crippen LogP contribution is 2.35. The normalized spacial score (nSPS) is 16.6. The van der Waals surface area contributed by atoms with Crippen molar-refractivity contribution in [1.82, 2.24) is 9.78 Å². The largest absolute Gasteiger partial charge is 0.384 e. The molecule has 2 rings (SSSR count). The first kappa shape index (κ1) is 9.56. The van der Waals surface area contributed by atoms with Crippen molar-refractivity contribution >= 4 is 5.82 Å². The maximum Gasteiger partial charge on any atom is 0.125 e. The van der Waals surface area contributed by atoms with Crippen molar-refractivity contribution in [3.8, 4) is 0 Å². The maximum atomic E-state index is 6.00. The van der Waals surface area contributed by atoms with Gasteiger partial charge in [-0.25, -0.2) is 0 Å². The van der Waals surface area contributed by atoms with Crippen LogP contribution in [0.4, 0.5) is 5.82 Å². The van der Waals surface area contributed by atoms with E-state index in [-0.39, 0.29) is 0 Å². The third-order valence-corrected chi connectivity index (χ3v) is 2.96. The van der Waals surface area contributed by atoms with Gasteiger partial charge in [0.05, 0.1) is 5.69 Å². The zero-order chi connectivity index (χ0) is 10.3. The molecule has 2 N–H and O–H groups in total. The minimum absolute atomic E-state index is 0.484. The van der Waals surface area contributed by atoms with Crippen LogP contribution in [0.3, 0.4) is 0 Å². The fourth-order valence-electron chi connectivity index (χ4n) is 1.99. The standard InChI is InChI=1S/C11H19N3/c1-7(2)10-9(6-8-4-5-8)13-14(3)11(10)12/h7-8H,4-6,12H2,1-3H3. The Morgan fingerprint density at radius 3 is 2.64 bits per heavy atom. The third kappa shape index (κ3) is 1.63. The number of aromatic nitrogens is 2. The summed E-state index contributed by atoms with van der Waals surface area (Å²) >= 11 is 0. The summed E-state index contributed by atoms with van der Waals surface area (Å²) in [4.78, 5) is 0. The van der Waals surface area contributed by atoms with E-state index in [9.17, 15) is 0 Å². The van der Waals surface area contributed by atoms with Crippen LogP contribution in [0.5, 0.6) is 0 Å². The predicted molar refractivity (Wildman–Crippen MR) is 58.1 cm³/mol. The molecule has 0 aromatic carbocycles. The second-order valence-corrected chi connectivity index (χ2v) is 4.67. The molecule has 0 aliphatic heterocycles. The Morgan fingerprint density at radius 2 is 2.14 bits per heavy atom. The van der Waals surface area contributed by atoms with Gasteiger partial charge < -0.3 is 5.73 Å². The van der Waals surface area contributed by atoms with Gasteiger partial charge in [0.1, 0.15) is 5.82 Å². The number of hydrogen-bond acceptors (Lipinski definition) is 2. The summed E-state index contributed by atoms with van der Waals surface area (Å²) in [7, 11) is 1.93. The van der Waals surface area contributed by atoms with Crippen molar-refractivity contribution in [2.45, 2.75) is 39.0 Å². The molecule has 1 aliphatic rings. The molecule has 1 heterocycles. The van der Waals surface area contributed by atoms with Crippen molar-refractivity contribution in [1.29, 1.82) is 0 Å².